The molecule has 0 aliphatic heterocycles. The Morgan fingerprint density at radius 1 is 0.905 bits per heavy atom. The van der Waals surface area contributed by atoms with Gasteiger partial charge in [-0.25, -0.2) is 4.39 Å². The zero-order valence-corrected chi connectivity index (χ0v) is 15.5. The van der Waals surface area contributed by atoms with Crippen LogP contribution < -0.4 is 0 Å². The van der Waals surface area contributed by atoms with Crippen molar-refractivity contribution in [1.29, 1.82) is 0 Å². The molecule has 3 heteroatoms. The van der Waals surface area contributed by atoms with Crippen LogP contribution in [0.25, 0.3) is 0 Å². The summed E-state index contributed by atoms with van der Waals surface area (Å²) in [4.78, 5) is 0. The molecule has 0 N–H and O–H groups in total. The van der Waals surface area contributed by atoms with Crippen molar-refractivity contribution < 1.29 is 4.39 Å². The van der Waals surface area contributed by atoms with Crippen LogP contribution in [0.3, 0.4) is 0 Å². The third-order valence-corrected chi connectivity index (χ3v) is 5.94. The summed E-state index contributed by atoms with van der Waals surface area (Å²) < 4.78 is 13.2. The van der Waals surface area contributed by atoms with Crippen molar-refractivity contribution in [3.63, 3.8) is 0 Å². The minimum absolute atomic E-state index is 0.0755. The van der Waals surface area contributed by atoms with E-state index in [1.165, 1.54) is 28.8 Å². The topological polar surface area (TPSA) is 0 Å². The molecule has 21 heavy (non-hydrogen) atoms. The highest BCUT2D eigenvalue weighted by Crippen LogP contribution is 2.33. The molecule has 0 aromatic heterocycles. The number of benzene rings is 2. The molecule has 0 saturated carbocycles. The first kappa shape index (κ1) is 16.7. The Morgan fingerprint density at radius 3 is 1.90 bits per heavy atom. The Morgan fingerprint density at radius 2 is 1.43 bits per heavy atom. The minimum atomic E-state index is -0.191. The normalized spacial score (nSPS) is 11.7. The molecular weight excluding hydrogens is 395 g/mol. The van der Waals surface area contributed by atoms with E-state index in [4.69, 9.17) is 0 Å². The maximum absolute atomic E-state index is 13.2. The SMILES string of the molecule is Cc1cc(C)cc(CC(CBr)(CBr)c2ccc(F)cc2)c1. The summed E-state index contributed by atoms with van der Waals surface area (Å²) in [6, 6.07) is 13.5. The van der Waals surface area contributed by atoms with Gasteiger partial charge in [-0.15, -0.1) is 0 Å². The lowest BCUT2D eigenvalue weighted by atomic mass is 9.78. The van der Waals surface area contributed by atoms with Gasteiger partial charge in [0.25, 0.3) is 0 Å². The van der Waals surface area contributed by atoms with Gasteiger partial charge in [-0.2, -0.15) is 0 Å². The zero-order chi connectivity index (χ0) is 15.5. The van der Waals surface area contributed by atoms with Gasteiger partial charge in [0.1, 0.15) is 5.82 Å². The van der Waals surface area contributed by atoms with Crippen LogP contribution in [0.1, 0.15) is 22.3 Å². The number of hydrogen-bond acceptors (Lipinski definition) is 0. The van der Waals surface area contributed by atoms with Crippen molar-refractivity contribution in [2.24, 2.45) is 0 Å². The van der Waals surface area contributed by atoms with Crippen LogP contribution in [0.2, 0.25) is 0 Å². The summed E-state index contributed by atoms with van der Waals surface area (Å²) in [5.41, 5.74) is 4.95. The quantitative estimate of drug-likeness (QED) is 0.550. The van der Waals surface area contributed by atoms with Crippen LogP contribution in [0.4, 0.5) is 4.39 Å². The number of aryl methyl sites for hydroxylation is 2. The number of halogens is 3. The summed E-state index contributed by atoms with van der Waals surface area (Å²) in [5.74, 6) is -0.191. The Balaban J connectivity index is 2.40. The lowest BCUT2D eigenvalue weighted by Gasteiger charge is -2.31. The van der Waals surface area contributed by atoms with Crippen LogP contribution in [0, 0.1) is 19.7 Å². The van der Waals surface area contributed by atoms with E-state index >= 15 is 0 Å². The van der Waals surface area contributed by atoms with Gasteiger partial charge in [-0.05, 0) is 43.5 Å². The third-order valence-electron chi connectivity index (χ3n) is 3.79. The fraction of sp³-hybridized carbons (Fsp3) is 0.333. The Bertz CT molecular complexity index is 581. The molecule has 0 saturated heterocycles. The smallest absolute Gasteiger partial charge is 0.123 e. The molecule has 0 atom stereocenters. The fourth-order valence-electron chi connectivity index (χ4n) is 2.75. The van der Waals surface area contributed by atoms with Crippen molar-refractivity contribution in [1.82, 2.24) is 0 Å². The molecule has 2 rings (SSSR count). The Kier molecular flexibility index (Phi) is 5.61. The van der Waals surface area contributed by atoms with Gasteiger partial charge in [-0.3, -0.25) is 0 Å². The van der Waals surface area contributed by atoms with Crippen LogP contribution in [0.15, 0.2) is 42.5 Å². The van der Waals surface area contributed by atoms with E-state index in [-0.39, 0.29) is 11.2 Å². The Labute approximate surface area is 143 Å². The molecule has 0 heterocycles. The van der Waals surface area contributed by atoms with E-state index in [1.54, 1.807) is 0 Å². The minimum Gasteiger partial charge on any atom is -0.207 e. The monoisotopic (exact) mass is 412 g/mol. The van der Waals surface area contributed by atoms with Gasteiger partial charge >= 0.3 is 0 Å². The lowest BCUT2D eigenvalue weighted by molar-refractivity contribution is 0.547. The molecule has 0 radical (unpaired) electrons. The molecule has 0 unspecified atom stereocenters. The second-order valence-electron chi connectivity index (χ2n) is 5.73. The highest BCUT2D eigenvalue weighted by atomic mass is 79.9. The largest absolute Gasteiger partial charge is 0.207 e. The van der Waals surface area contributed by atoms with Gasteiger partial charge in [0.2, 0.25) is 0 Å². The molecule has 0 spiro atoms. The van der Waals surface area contributed by atoms with Crippen molar-refractivity contribution in [3.05, 3.63) is 70.5 Å². The Hall–Kier alpha value is -0.670. The third kappa shape index (κ3) is 3.95. The number of rotatable bonds is 5. The first-order chi connectivity index (χ1) is 9.99. The standard InChI is InChI=1S/C18H19Br2F/c1-13-7-14(2)9-15(8-13)10-18(11-19,12-20)16-3-5-17(21)6-4-16/h3-9H,10-12H2,1-2H3. The predicted octanol–water partition coefficient (Wildman–Crippen LogP) is 5.71. The summed E-state index contributed by atoms with van der Waals surface area (Å²) in [6.45, 7) is 4.25. The lowest BCUT2D eigenvalue weighted by Crippen LogP contribution is -2.33. The van der Waals surface area contributed by atoms with E-state index < -0.39 is 0 Å². The molecule has 112 valence electrons. The predicted molar refractivity (Wildman–Crippen MR) is 95.3 cm³/mol. The average molecular weight is 414 g/mol. The van der Waals surface area contributed by atoms with E-state index in [1.807, 2.05) is 12.1 Å². The van der Waals surface area contributed by atoms with E-state index in [9.17, 15) is 4.39 Å². The van der Waals surface area contributed by atoms with Gasteiger partial charge in [0, 0.05) is 16.1 Å². The molecule has 2 aromatic rings. The molecule has 0 bridgehead atoms. The highest BCUT2D eigenvalue weighted by molar-refractivity contribution is 9.09. The summed E-state index contributed by atoms with van der Waals surface area (Å²) >= 11 is 7.32. The molecule has 0 aliphatic carbocycles. The van der Waals surface area contributed by atoms with Gasteiger partial charge in [-0.1, -0.05) is 73.3 Å². The first-order valence-corrected chi connectivity index (χ1v) is 9.18. The van der Waals surface area contributed by atoms with Crippen molar-refractivity contribution in [2.75, 3.05) is 10.7 Å². The summed E-state index contributed by atoms with van der Waals surface area (Å²) in [7, 11) is 0. The summed E-state index contributed by atoms with van der Waals surface area (Å²) in [6.07, 6.45) is 0.914. The zero-order valence-electron chi connectivity index (χ0n) is 12.3. The highest BCUT2D eigenvalue weighted by Gasteiger charge is 2.30. The molecular formula is C18H19Br2F. The molecule has 0 amide bonds. The van der Waals surface area contributed by atoms with E-state index in [2.05, 4.69) is 63.9 Å². The second kappa shape index (κ2) is 7.06. The maximum Gasteiger partial charge on any atom is 0.123 e. The number of hydrogen-bond donors (Lipinski definition) is 0. The maximum atomic E-state index is 13.2. The number of alkyl halides is 2. The average Bonchev–Trinajstić information content (AvgIpc) is 2.45. The van der Waals surface area contributed by atoms with Crippen LogP contribution in [0.5, 0.6) is 0 Å². The fourth-order valence-corrected chi connectivity index (χ4v) is 4.72. The van der Waals surface area contributed by atoms with Gasteiger partial charge < -0.3 is 0 Å². The van der Waals surface area contributed by atoms with Gasteiger partial charge in [0.05, 0.1) is 0 Å². The molecule has 0 aliphatic rings. The van der Waals surface area contributed by atoms with E-state index in [0.717, 1.165) is 22.6 Å². The van der Waals surface area contributed by atoms with Crippen LogP contribution >= 0.6 is 31.9 Å². The first-order valence-electron chi connectivity index (χ1n) is 6.94. The van der Waals surface area contributed by atoms with Crippen molar-refractivity contribution in [3.8, 4) is 0 Å². The van der Waals surface area contributed by atoms with Crippen molar-refractivity contribution in [2.45, 2.75) is 25.7 Å². The van der Waals surface area contributed by atoms with Gasteiger partial charge in [0.15, 0.2) is 0 Å². The second-order valence-corrected chi connectivity index (χ2v) is 6.85. The molecule has 0 nitrogen and oxygen atoms in total. The van der Waals surface area contributed by atoms with Crippen LogP contribution in [-0.2, 0) is 11.8 Å². The van der Waals surface area contributed by atoms with E-state index in [0.29, 0.717) is 0 Å². The van der Waals surface area contributed by atoms with Crippen molar-refractivity contribution >= 4 is 31.9 Å². The molecule has 0 fully saturated rings. The van der Waals surface area contributed by atoms with Crippen LogP contribution in [-0.4, -0.2) is 10.7 Å². The molecule has 2 aromatic carbocycles. The summed E-state index contributed by atoms with van der Waals surface area (Å²) in [5, 5.41) is 1.65.